The van der Waals surface area contributed by atoms with Crippen LogP contribution in [0.1, 0.15) is 16.1 Å². The first-order valence-electron chi connectivity index (χ1n) is 7.74. The van der Waals surface area contributed by atoms with Crippen molar-refractivity contribution >= 4 is 23.0 Å². The second kappa shape index (κ2) is 7.09. The zero-order valence-electron chi connectivity index (χ0n) is 14.3. The van der Waals surface area contributed by atoms with Gasteiger partial charge in [-0.2, -0.15) is 5.10 Å². The summed E-state index contributed by atoms with van der Waals surface area (Å²) >= 11 is 0. The zero-order chi connectivity index (χ0) is 17.8. The minimum atomic E-state index is -0.281. The lowest BCUT2D eigenvalue weighted by atomic mass is 10.2. The Labute approximate surface area is 145 Å². The van der Waals surface area contributed by atoms with Gasteiger partial charge >= 0.3 is 0 Å². The van der Waals surface area contributed by atoms with E-state index in [1.165, 1.54) is 6.21 Å². The number of amides is 1. The number of para-hydroxylation sites is 2. The zero-order valence-corrected chi connectivity index (χ0v) is 14.3. The summed E-state index contributed by atoms with van der Waals surface area (Å²) in [7, 11) is 4.98. The van der Waals surface area contributed by atoms with Gasteiger partial charge < -0.3 is 14.0 Å². The molecule has 0 radical (unpaired) electrons. The number of methoxy groups -OCH3 is 2. The summed E-state index contributed by atoms with van der Waals surface area (Å²) in [6, 6.07) is 15.1. The minimum Gasteiger partial charge on any atom is -0.493 e. The third-order valence-electron chi connectivity index (χ3n) is 3.99. The summed E-state index contributed by atoms with van der Waals surface area (Å²) < 4.78 is 12.4. The van der Waals surface area contributed by atoms with E-state index in [4.69, 9.17) is 9.47 Å². The van der Waals surface area contributed by atoms with E-state index in [0.29, 0.717) is 22.8 Å². The van der Waals surface area contributed by atoms with Crippen LogP contribution in [0.3, 0.4) is 0 Å². The molecule has 0 atom stereocenters. The molecule has 0 saturated heterocycles. The van der Waals surface area contributed by atoms with Crippen LogP contribution in [0, 0.1) is 0 Å². The number of hydrogen-bond donors (Lipinski definition) is 1. The van der Waals surface area contributed by atoms with E-state index in [1.54, 1.807) is 20.3 Å². The van der Waals surface area contributed by atoms with Gasteiger partial charge in [-0.25, -0.2) is 5.43 Å². The second-order valence-electron chi connectivity index (χ2n) is 5.43. The third kappa shape index (κ3) is 3.19. The molecule has 1 heterocycles. The number of hydrazone groups is 1. The highest BCUT2D eigenvalue weighted by Crippen LogP contribution is 2.29. The normalized spacial score (nSPS) is 11.0. The highest BCUT2D eigenvalue weighted by molar-refractivity contribution is 5.99. The van der Waals surface area contributed by atoms with Crippen molar-refractivity contribution in [1.82, 2.24) is 9.99 Å². The van der Waals surface area contributed by atoms with Gasteiger partial charge in [0.15, 0.2) is 11.5 Å². The van der Waals surface area contributed by atoms with Crippen LogP contribution < -0.4 is 14.9 Å². The summed E-state index contributed by atoms with van der Waals surface area (Å²) in [5.74, 6) is 0.885. The van der Waals surface area contributed by atoms with E-state index in [9.17, 15) is 4.79 Å². The molecule has 1 aromatic heterocycles. The molecule has 128 valence electrons. The van der Waals surface area contributed by atoms with Gasteiger partial charge in [-0.1, -0.05) is 24.3 Å². The summed E-state index contributed by atoms with van der Waals surface area (Å²) in [5, 5.41) is 5.05. The first-order valence-corrected chi connectivity index (χ1v) is 7.74. The quantitative estimate of drug-likeness (QED) is 0.575. The molecule has 2 aromatic carbocycles. The van der Waals surface area contributed by atoms with Crippen molar-refractivity contribution in [1.29, 1.82) is 0 Å². The molecular weight excluding hydrogens is 318 g/mol. The number of carbonyl (C=O) groups excluding carboxylic acids is 1. The van der Waals surface area contributed by atoms with Crippen LogP contribution in [0.4, 0.5) is 0 Å². The number of ether oxygens (including phenoxy) is 2. The maximum atomic E-state index is 12.4. The lowest BCUT2D eigenvalue weighted by Gasteiger charge is -2.09. The van der Waals surface area contributed by atoms with E-state index in [1.807, 2.05) is 54.1 Å². The highest BCUT2D eigenvalue weighted by Gasteiger charge is 2.12. The van der Waals surface area contributed by atoms with Gasteiger partial charge in [0.25, 0.3) is 5.91 Å². The Morgan fingerprint density at radius 2 is 1.92 bits per heavy atom. The van der Waals surface area contributed by atoms with Crippen LogP contribution in [-0.4, -0.2) is 30.9 Å². The van der Waals surface area contributed by atoms with Crippen molar-refractivity contribution < 1.29 is 14.3 Å². The number of aromatic nitrogens is 1. The molecular formula is C19H19N3O3. The van der Waals surface area contributed by atoms with Crippen molar-refractivity contribution in [3.63, 3.8) is 0 Å². The first kappa shape index (κ1) is 16.6. The fourth-order valence-electron chi connectivity index (χ4n) is 2.74. The number of hydrogen-bond acceptors (Lipinski definition) is 4. The molecule has 0 aliphatic heterocycles. The van der Waals surface area contributed by atoms with Gasteiger partial charge in [0.1, 0.15) is 5.69 Å². The van der Waals surface area contributed by atoms with Crippen LogP contribution >= 0.6 is 0 Å². The Hall–Kier alpha value is -3.28. The van der Waals surface area contributed by atoms with Crippen LogP contribution in [0.5, 0.6) is 11.5 Å². The summed E-state index contributed by atoms with van der Waals surface area (Å²) in [6.45, 7) is 0. The van der Waals surface area contributed by atoms with Gasteiger partial charge in [-0.3, -0.25) is 4.79 Å². The molecule has 1 amide bonds. The number of aryl methyl sites for hydroxylation is 1. The van der Waals surface area contributed by atoms with Crippen molar-refractivity contribution in [2.75, 3.05) is 14.2 Å². The Kier molecular flexibility index (Phi) is 4.70. The van der Waals surface area contributed by atoms with Crippen LogP contribution in [-0.2, 0) is 7.05 Å². The lowest BCUT2D eigenvalue weighted by Crippen LogP contribution is -2.20. The second-order valence-corrected chi connectivity index (χ2v) is 5.43. The van der Waals surface area contributed by atoms with Gasteiger partial charge in [0.05, 0.1) is 20.4 Å². The topological polar surface area (TPSA) is 64.8 Å². The molecule has 6 nitrogen and oxygen atoms in total. The number of nitrogens with one attached hydrogen (secondary N) is 1. The van der Waals surface area contributed by atoms with Crippen LogP contribution in [0.25, 0.3) is 10.9 Å². The Bertz CT molecular complexity index is 944. The van der Waals surface area contributed by atoms with E-state index in [2.05, 4.69) is 10.5 Å². The lowest BCUT2D eigenvalue weighted by molar-refractivity contribution is 0.0947. The highest BCUT2D eigenvalue weighted by atomic mass is 16.5. The third-order valence-corrected chi connectivity index (χ3v) is 3.99. The molecule has 25 heavy (non-hydrogen) atoms. The maximum absolute atomic E-state index is 12.4. The molecule has 3 rings (SSSR count). The molecule has 0 unspecified atom stereocenters. The average Bonchev–Trinajstić information content (AvgIpc) is 2.98. The average molecular weight is 337 g/mol. The van der Waals surface area contributed by atoms with Crippen molar-refractivity contribution in [3.8, 4) is 11.5 Å². The van der Waals surface area contributed by atoms with E-state index >= 15 is 0 Å². The largest absolute Gasteiger partial charge is 0.493 e. The molecule has 0 aliphatic rings. The van der Waals surface area contributed by atoms with Gasteiger partial charge in [-0.05, 0) is 24.3 Å². The number of fused-ring (bicyclic) bond motifs is 1. The maximum Gasteiger partial charge on any atom is 0.287 e. The molecule has 3 aromatic rings. The first-order chi connectivity index (χ1) is 12.2. The molecule has 6 heteroatoms. The molecule has 1 N–H and O–H groups in total. The van der Waals surface area contributed by atoms with Crippen LogP contribution in [0.2, 0.25) is 0 Å². The van der Waals surface area contributed by atoms with E-state index in [0.717, 1.165) is 10.9 Å². The summed E-state index contributed by atoms with van der Waals surface area (Å²) in [6.07, 6.45) is 1.53. The van der Waals surface area contributed by atoms with Crippen molar-refractivity contribution in [3.05, 3.63) is 59.8 Å². The monoisotopic (exact) mass is 337 g/mol. The Morgan fingerprint density at radius 1 is 1.12 bits per heavy atom. The van der Waals surface area contributed by atoms with Gasteiger partial charge in [0.2, 0.25) is 0 Å². The predicted molar refractivity (Wildman–Crippen MR) is 97.5 cm³/mol. The Morgan fingerprint density at radius 3 is 2.64 bits per heavy atom. The molecule has 0 saturated carbocycles. The Balaban J connectivity index is 1.80. The minimum absolute atomic E-state index is 0.281. The van der Waals surface area contributed by atoms with E-state index < -0.39 is 0 Å². The number of nitrogens with zero attached hydrogens (tertiary/aromatic N) is 2. The van der Waals surface area contributed by atoms with Crippen molar-refractivity contribution in [2.24, 2.45) is 12.1 Å². The summed E-state index contributed by atoms with van der Waals surface area (Å²) in [4.78, 5) is 12.4. The number of benzene rings is 2. The number of carbonyl (C=O) groups is 1. The summed E-state index contributed by atoms with van der Waals surface area (Å²) in [5.41, 5.74) is 4.79. The van der Waals surface area contributed by atoms with Gasteiger partial charge in [-0.15, -0.1) is 0 Å². The fraction of sp³-hybridized carbons (Fsp3) is 0.158. The molecule has 0 bridgehead atoms. The predicted octanol–water partition coefficient (Wildman–Crippen LogP) is 2.96. The van der Waals surface area contributed by atoms with E-state index in [-0.39, 0.29) is 5.91 Å². The standard InChI is InChI=1S/C19H19N3O3/c1-22-15-9-5-4-7-13(15)11-16(22)19(23)21-20-12-14-8-6-10-17(24-2)18(14)25-3/h4-12H,1-3H3,(H,21,23)/b20-12+. The molecule has 0 spiro atoms. The molecule has 0 aliphatic carbocycles. The SMILES string of the molecule is COc1cccc(/C=N/NC(=O)c2cc3ccccc3n2C)c1OC. The van der Waals surface area contributed by atoms with Crippen molar-refractivity contribution in [2.45, 2.75) is 0 Å². The smallest absolute Gasteiger partial charge is 0.287 e. The van der Waals surface area contributed by atoms with Crippen LogP contribution in [0.15, 0.2) is 53.6 Å². The number of rotatable bonds is 5. The molecule has 0 fully saturated rings. The fourth-order valence-corrected chi connectivity index (χ4v) is 2.74. The van der Waals surface area contributed by atoms with Gasteiger partial charge in [0, 0.05) is 23.5 Å².